The monoisotopic (exact) mass is 387 g/mol. The van der Waals surface area contributed by atoms with Gasteiger partial charge in [-0.2, -0.15) is 0 Å². The van der Waals surface area contributed by atoms with E-state index in [4.69, 9.17) is 4.74 Å². The van der Waals surface area contributed by atoms with Crippen molar-refractivity contribution < 1.29 is 23.1 Å². The molecule has 2 aromatic carbocycles. The molecule has 4 nitrogen and oxygen atoms in total. The Balaban J connectivity index is 1.65. The summed E-state index contributed by atoms with van der Waals surface area (Å²) >= 11 is 1.48. The van der Waals surface area contributed by atoms with Gasteiger partial charge in [-0.05, 0) is 29.1 Å². The van der Waals surface area contributed by atoms with Crippen molar-refractivity contribution in [3.63, 3.8) is 0 Å². The molecular weight excluding hydrogens is 372 g/mol. The Morgan fingerprint density at radius 3 is 2.48 bits per heavy atom. The quantitative estimate of drug-likeness (QED) is 0.648. The van der Waals surface area contributed by atoms with E-state index in [1.165, 1.54) is 11.3 Å². The van der Waals surface area contributed by atoms with Crippen LogP contribution in [-0.2, 0) is 9.53 Å². The van der Waals surface area contributed by atoms with Crippen LogP contribution >= 0.6 is 11.3 Å². The molecule has 0 radical (unpaired) electrons. The van der Waals surface area contributed by atoms with Crippen LogP contribution in [0, 0.1) is 11.6 Å². The van der Waals surface area contributed by atoms with Crippen molar-refractivity contribution in [3.8, 4) is 0 Å². The van der Waals surface area contributed by atoms with Crippen LogP contribution in [0.3, 0.4) is 0 Å². The fourth-order valence-corrected chi connectivity index (χ4v) is 3.29. The van der Waals surface area contributed by atoms with Crippen molar-refractivity contribution in [2.45, 2.75) is 6.04 Å². The second kappa shape index (κ2) is 8.55. The van der Waals surface area contributed by atoms with Crippen molar-refractivity contribution >= 4 is 23.2 Å². The van der Waals surface area contributed by atoms with E-state index in [0.29, 0.717) is 6.07 Å². The number of hydrogen-bond acceptors (Lipinski definition) is 4. The Morgan fingerprint density at radius 2 is 1.81 bits per heavy atom. The fraction of sp³-hybridized carbons (Fsp3) is 0.100. The number of halogens is 2. The van der Waals surface area contributed by atoms with E-state index in [1.54, 1.807) is 0 Å². The van der Waals surface area contributed by atoms with Crippen LogP contribution in [0.5, 0.6) is 0 Å². The van der Waals surface area contributed by atoms with Crippen molar-refractivity contribution in [1.29, 1.82) is 0 Å². The maximum atomic E-state index is 13.6. The lowest BCUT2D eigenvalue weighted by Gasteiger charge is -2.18. The molecule has 3 aromatic rings. The molecule has 0 fully saturated rings. The second-order valence-electron chi connectivity index (χ2n) is 5.63. The lowest BCUT2D eigenvalue weighted by molar-refractivity contribution is -0.124. The standard InChI is InChI=1S/C20H15F2NO3S/c21-14-8-9-15(16(22)11-14)20(25)26-12-18(24)23-19(17-7-4-10-27-17)13-5-2-1-3-6-13/h1-11,19H,12H2,(H,23,24)/t19-/m1/s1. The zero-order valence-electron chi connectivity index (χ0n) is 14.0. The molecule has 7 heteroatoms. The van der Waals surface area contributed by atoms with Gasteiger partial charge in [-0.1, -0.05) is 36.4 Å². The molecule has 0 saturated heterocycles. The minimum atomic E-state index is -1.04. The first-order valence-corrected chi connectivity index (χ1v) is 8.92. The minimum Gasteiger partial charge on any atom is -0.452 e. The average molecular weight is 387 g/mol. The molecule has 1 atom stereocenters. The summed E-state index contributed by atoms with van der Waals surface area (Å²) in [6.07, 6.45) is 0. The number of hydrogen-bond donors (Lipinski definition) is 1. The number of carbonyl (C=O) groups excluding carboxylic acids is 2. The van der Waals surface area contributed by atoms with Crippen LogP contribution < -0.4 is 5.32 Å². The van der Waals surface area contributed by atoms with Crippen LogP contribution in [0.15, 0.2) is 66.0 Å². The van der Waals surface area contributed by atoms with E-state index in [0.717, 1.165) is 22.6 Å². The lowest BCUT2D eigenvalue weighted by atomic mass is 10.1. The molecule has 0 unspecified atom stereocenters. The molecule has 1 aromatic heterocycles. The summed E-state index contributed by atoms with van der Waals surface area (Å²) in [5.41, 5.74) is 0.450. The number of benzene rings is 2. The van der Waals surface area contributed by atoms with Gasteiger partial charge in [-0.15, -0.1) is 11.3 Å². The lowest BCUT2D eigenvalue weighted by Crippen LogP contribution is -2.32. The van der Waals surface area contributed by atoms with Crippen LogP contribution in [-0.4, -0.2) is 18.5 Å². The summed E-state index contributed by atoms with van der Waals surface area (Å²) in [4.78, 5) is 25.1. The molecule has 1 amide bonds. The molecule has 138 valence electrons. The van der Waals surface area contributed by atoms with Crippen molar-refractivity contribution in [3.05, 3.63) is 93.7 Å². The zero-order chi connectivity index (χ0) is 19.2. The molecule has 0 saturated carbocycles. The summed E-state index contributed by atoms with van der Waals surface area (Å²) in [6, 6.07) is 15.2. The number of ether oxygens (including phenoxy) is 1. The third-order valence-corrected chi connectivity index (χ3v) is 4.69. The predicted octanol–water partition coefficient (Wildman–Crippen LogP) is 4.09. The summed E-state index contributed by atoms with van der Waals surface area (Å²) in [6.45, 7) is -0.579. The minimum absolute atomic E-state index is 0.389. The maximum Gasteiger partial charge on any atom is 0.341 e. The third-order valence-electron chi connectivity index (χ3n) is 3.75. The van der Waals surface area contributed by atoms with Crippen LogP contribution in [0.2, 0.25) is 0 Å². The van der Waals surface area contributed by atoms with Gasteiger partial charge in [0.15, 0.2) is 6.61 Å². The van der Waals surface area contributed by atoms with Crippen LogP contribution in [0.25, 0.3) is 0 Å². The molecule has 0 aliphatic heterocycles. The summed E-state index contributed by atoms with van der Waals surface area (Å²) in [5.74, 6) is -3.41. The Labute approximate surface area is 158 Å². The zero-order valence-corrected chi connectivity index (χ0v) is 14.8. The largest absolute Gasteiger partial charge is 0.452 e. The van der Waals surface area contributed by atoms with E-state index >= 15 is 0 Å². The number of carbonyl (C=O) groups is 2. The van der Waals surface area contributed by atoms with E-state index in [2.05, 4.69) is 5.32 Å². The number of esters is 1. The van der Waals surface area contributed by atoms with Gasteiger partial charge in [0.2, 0.25) is 0 Å². The Morgan fingerprint density at radius 1 is 1.04 bits per heavy atom. The maximum absolute atomic E-state index is 13.6. The van der Waals surface area contributed by atoms with Gasteiger partial charge in [-0.25, -0.2) is 13.6 Å². The first-order valence-electron chi connectivity index (χ1n) is 8.04. The van der Waals surface area contributed by atoms with Gasteiger partial charge in [0.1, 0.15) is 11.6 Å². The highest BCUT2D eigenvalue weighted by Crippen LogP contribution is 2.25. The summed E-state index contributed by atoms with van der Waals surface area (Å²) in [7, 11) is 0. The van der Waals surface area contributed by atoms with Gasteiger partial charge in [-0.3, -0.25) is 4.79 Å². The first kappa shape index (κ1) is 18.7. The molecule has 0 aliphatic rings. The smallest absolute Gasteiger partial charge is 0.341 e. The van der Waals surface area contributed by atoms with E-state index in [1.807, 2.05) is 47.8 Å². The second-order valence-corrected chi connectivity index (χ2v) is 6.61. The highest BCUT2D eigenvalue weighted by molar-refractivity contribution is 7.10. The van der Waals surface area contributed by atoms with E-state index in [-0.39, 0.29) is 6.04 Å². The molecule has 0 aliphatic carbocycles. The molecule has 0 bridgehead atoms. The summed E-state index contributed by atoms with van der Waals surface area (Å²) in [5, 5.41) is 4.70. The topological polar surface area (TPSA) is 55.4 Å². The van der Waals surface area contributed by atoms with Crippen molar-refractivity contribution in [2.75, 3.05) is 6.61 Å². The highest BCUT2D eigenvalue weighted by atomic mass is 32.1. The third kappa shape index (κ3) is 4.77. The Kier molecular flexibility index (Phi) is 5.93. The van der Waals surface area contributed by atoms with Crippen LogP contribution in [0.4, 0.5) is 8.78 Å². The van der Waals surface area contributed by atoms with Gasteiger partial charge in [0, 0.05) is 10.9 Å². The number of amides is 1. The molecule has 1 N–H and O–H groups in total. The Bertz CT molecular complexity index is 930. The normalized spacial score (nSPS) is 11.6. The average Bonchev–Trinajstić information content (AvgIpc) is 3.19. The predicted molar refractivity (Wildman–Crippen MR) is 97.4 cm³/mol. The molecule has 1 heterocycles. The van der Waals surface area contributed by atoms with E-state index < -0.39 is 35.7 Å². The van der Waals surface area contributed by atoms with Gasteiger partial charge in [0.05, 0.1) is 11.6 Å². The van der Waals surface area contributed by atoms with Gasteiger partial charge >= 0.3 is 5.97 Å². The van der Waals surface area contributed by atoms with Crippen molar-refractivity contribution in [2.24, 2.45) is 0 Å². The SMILES string of the molecule is O=C(COC(=O)c1ccc(F)cc1F)N[C@H](c1ccccc1)c1cccs1. The highest BCUT2D eigenvalue weighted by Gasteiger charge is 2.20. The molecular formula is C20H15F2NO3S. The summed E-state index contributed by atoms with van der Waals surface area (Å²) < 4.78 is 31.4. The van der Waals surface area contributed by atoms with Gasteiger partial charge in [0.25, 0.3) is 5.91 Å². The number of thiophene rings is 1. The molecule has 3 rings (SSSR count). The van der Waals surface area contributed by atoms with E-state index in [9.17, 15) is 18.4 Å². The number of nitrogens with one attached hydrogen (secondary N) is 1. The Hall–Kier alpha value is -3.06. The number of rotatable bonds is 6. The molecule has 27 heavy (non-hydrogen) atoms. The van der Waals surface area contributed by atoms with Gasteiger partial charge < -0.3 is 10.1 Å². The van der Waals surface area contributed by atoms with Crippen LogP contribution in [0.1, 0.15) is 26.8 Å². The first-order chi connectivity index (χ1) is 13.0. The molecule has 0 spiro atoms. The fourth-order valence-electron chi connectivity index (χ4n) is 2.49. The van der Waals surface area contributed by atoms with Crippen molar-refractivity contribution in [1.82, 2.24) is 5.32 Å².